The number of rotatable bonds is 5. The second-order valence-electron chi connectivity index (χ2n) is 4.12. The Morgan fingerprint density at radius 3 is 2.41 bits per heavy atom. The van der Waals surface area contributed by atoms with Crippen molar-refractivity contribution in [2.45, 2.75) is 25.7 Å². The minimum absolute atomic E-state index is 0.0600. The Morgan fingerprint density at radius 1 is 1.41 bits per heavy atom. The summed E-state index contributed by atoms with van der Waals surface area (Å²) in [7, 11) is 0. The molecule has 0 heterocycles. The number of alkyl halides is 2. The number of halogens is 3. The first-order valence-corrected chi connectivity index (χ1v) is 6.25. The van der Waals surface area contributed by atoms with E-state index >= 15 is 0 Å². The third-order valence-electron chi connectivity index (χ3n) is 2.39. The van der Waals surface area contributed by atoms with Gasteiger partial charge >= 0.3 is 5.97 Å². The van der Waals surface area contributed by atoms with Crippen molar-refractivity contribution in [2.24, 2.45) is 5.92 Å². The van der Waals surface area contributed by atoms with Gasteiger partial charge in [-0.3, -0.25) is 4.79 Å². The van der Waals surface area contributed by atoms with E-state index in [-0.39, 0.29) is 12.0 Å². The summed E-state index contributed by atoms with van der Waals surface area (Å²) < 4.78 is 28.5. The lowest BCUT2D eigenvalue weighted by molar-refractivity contribution is -0.138. The third kappa shape index (κ3) is 4.57. The highest BCUT2D eigenvalue weighted by Crippen LogP contribution is 2.35. The summed E-state index contributed by atoms with van der Waals surface area (Å²) in [6.45, 7) is 1.52. The quantitative estimate of drug-likeness (QED) is 0.815. The van der Waals surface area contributed by atoms with Crippen molar-refractivity contribution in [1.82, 2.24) is 0 Å². The number of hydrogen-bond donors (Lipinski definition) is 1. The first-order chi connectivity index (χ1) is 7.81. The van der Waals surface area contributed by atoms with Crippen LogP contribution >= 0.6 is 22.6 Å². The van der Waals surface area contributed by atoms with Gasteiger partial charge in [-0.2, -0.15) is 0 Å². The first kappa shape index (κ1) is 14.3. The minimum atomic E-state index is -2.97. The normalized spacial score (nSPS) is 13.4. The molecule has 1 atom stereocenters. The predicted octanol–water partition coefficient (Wildman–Crippen LogP) is 3.88. The smallest absolute Gasteiger partial charge is 0.303 e. The number of benzene rings is 1. The van der Waals surface area contributed by atoms with Gasteiger partial charge in [-0.15, -0.1) is 0 Å². The zero-order valence-electron chi connectivity index (χ0n) is 9.29. The van der Waals surface area contributed by atoms with Gasteiger partial charge in [-0.05, 0) is 40.6 Å². The first-order valence-electron chi connectivity index (χ1n) is 5.17. The second-order valence-corrected chi connectivity index (χ2v) is 5.36. The summed E-state index contributed by atoms with van der Waals surface area (Å²) in [4.78, 5) is 10.4. The summed E-state index contributed by atoms with van der Waals surface area (Å²) in [5.74, 6) is -4.57. The average molecular weight is 354 g/mol. The lowest BCUT2D eigenvalue weighted by Crippen LogP contribution is -2.19. The molecule has 0 radical (unpaired) electrons. The van der Waals surface area contributed by atoms with E-state index in [1.165, 1.54) is 19.1 Å². The molecule has 5 heteroatoms. The Labute approximate surface area is 112 Å². The van der Waals surface area contributed by atoms with E-state index in [0.717, 1.165) is 3.57 Å². The SMILES string of the molecule is CC(CC(=O)O)CC(F)(F)c1ccc(I)cc1. The number of carbonyl (C=O) groups is 1. The Morgan fingerprint density at radius 2 is 1.94 bits per heavy atom. The lowest BCUT2D eigenvalue weighted by Gasteiger charge is -2.20. The van der Waals surface area contributed by atoms with E-state index in [2.05, 4.69) is 0 Å². The van der Waals surface area contributed by atoms with Crippen LogP contribution in [0.2, 0.25) is 0 Å². The van der Waals surface area contributed by atoms with Crippen LogP contribution in [0.25, 0.3) is 0 Å². The minimum Gasteiger partial charge on any atom is -0.481 e. The van der Waals surface area contributed by atoms with Crippen molar-refractivity contribution in [3.05, 3.63) is 33.4 Å². The van der Waals surface area contributed by atoms with Crippen molar-refractivity contribution in [1.29, 1.82) is 0 Å². The Bertz CT molecular complexity index is 390. The van der Waals surface area contributed by atoms with Gasteiger partial charge in [-0.25, -0.2) is 8.78 Å². The number of hydrogen-bond acceptors (Lipinski definition) is 1. The maximum Gasteiger partial charge on any atom is 0.303 e. The van der Waals surface area contributed by atoms with Gasteiger partial charge in [0.15, 0.2) is 0 Å². The van der Waals surface area contributed by atoms with Crippen molar-refractivity contribution < 1.29 is 18.7 Å². The molecule has 0 spiro atoms. The monoisotopic (exact) mass is 354 g/mol. The third-order valence-corrected chi connectivity index (χ3v) is 3.11. The molecule has 0 aliphatic carbocycles. The van der Waals surface area contributed by atoms with Crippen LogP contribution in [0.1, 0.15) is 25.3 Å². The molecule has 1 aromatic rings. The number of carboxylic acids is 1. The second kappa shape index (κ2) is 5.75. The summed E-state index contributed by atoms with van der Waals surface area (Å²) in [5.41, 5.74) is -0.0600. The molecule has 0 saturated heterocycles. The highest BCUT2D eigenvalue weighted by Gasteiger charge is 2.33. The zero-order valence-corrected chi connectivity index (χ0v) is 11.4. The molecule has 1 N–H and O–H groups in total. The predicted molar refractivity (Wildman–Crippen MR) is 69.1 cm³/mol. The zero-order chi connectivity index (χ0) is 13.1. The van der Waals surface area contributed by atoms with Crippen LogP contribution in [0.5, 0.6) is 0 Å². The van der Waals surface area contributed by atoms with Crippen LogP contribution in [0, 0.1) is 9.49 Å². The molecular formula is C12H13F2IO2. The van der Waals surface area contributed by atoms with Gasteiger partial charge in [0, 0.05) is 22.0 Å². The fraction of sp³-hybridized carbons (Fsp3) is 0.417. The van der Waals surface area contributed by atoms with E-state index in [0.29, 0.717) is 0 Å². The molecular weight excluding hydrogens is 341 g/mol. The molecule has 0 aromatic heterocycles. The molecule has 0 saturated carbocycles. The summed E-state index contributed by atoms with van der Waals surface area (Å²) in [5, 5.41) is 8.54. The van der Waals surface area contributed by atoms with E-state index in [1.807, 2.05) is 22.6 Å². The Balaban J connectivity index is 2.73. The highest BCUT2D eigenvalue weighted by molar-refractivity contribution is 14.1. The molecule has 1 rings (SSSR count). The fourth-order valence-corrected chi connectivity index (χ4v) is 1.98. The van der Waals surface area contributed by atoms with Crippen LogP contribution in [0.3, 0.4) is 0 Å². The maximum absolute atomic E-state index is 13.8. The number of aliphatic carboxylic acids is 1. The molecule has 1 aromatic carbocycles. The van der Waals surface area contributed by atoms with E-state index in [1.54, 1.807) is 12.1 Å². The van der Waals surface area contributed by atoms with Gasteiger partial charge < -0.3 is 5.11 Å². The van der Waals surface area contributed by atoms with Crippen LogP contribution in [-0.2, 0) is 10.7 Å². The fourth-order valence-electron chi connectivity index (χ4n) is 1.62. The van der Waals surface area contributed by atoms with E-state index in [4.69, 9.17) is 5.11 Å². The maximum atomic E-state index is 13.8. The van der Waals surface area contributed by atoms with Crippen molar-refractivity contribution in [2.75, 3.05) is 0 Å². The van der Waals surface area contributed by atoms with Crippen molar-refractivity contribution in [3.63, 3.8) is 0 Å². The topological polar surface area (TPSA) is 37.3 Å². The van der Waals surface area contributed by atoms with Crippen LogP contribution in [0.15, 0.2) is 24.3 Å². The van der Waals surface area contributed by atoms with Gasteiger partial charge in [-0.1, -0.05) is 19.1 Å². The average Bonchev–Trinajstić information content (AvgIpc) is 2.15. The lowest BCUT2D eigenvalue weighted by atomic mass is 9.95. The summed E-state index contributed by atoms with van der Waals surface area (Å²) in [6.07, 6.45) is -0.681. The van der Waals surface area contributed by atoms with Gasteiger partial charge in [0.25, 0.3) is 5.92 Å². The molecule has 2 nitrogen and oxygen atoms in total. The summed E-state index contributed by atoms with van der Waals surface area (Å²) >= 11 is 2.04. The summed E-state index contributed by atoms with van der Waals surface area (Å²) in [6, 6.07) is 6.00. The van der Waals surface area contributed by atoms with Crippen LogP contribution in [-0.4, -0.2) is 11.1 Å². The van der Waals surface area contributed by atoms with Crippen LogP contribution < -0.4 is 0 Å². The number of carboxylic acid groups (broad SMARTS) is 1. The molecule has 17 heavy (non-hydrogen) atoms. The van der Waals surface area contributed by atoms with Gasteiger partial charge in [0.05, 0.1) is 0 Å². The molecule has 1 unspecified atom stereocenters. The van der Waals surface area contributed by atoms with Crippen molar-refractivity contribution in [3.8, 4) is 0 Å². The highest BCUT2D eigenvalue weighted by atomic mass is 127. The van der Waals surface area contributed by atoms with Crippen molar-refractivity contribution >= 4 is 28.6 Å². The molecule has 0 amide bonds. The van der Waals surface area contributed by atoms with E-state index < -0.39 is 24.2 Å². The molecule has 0 bridgehead atoms. The molecule has 94 valence electrons. The van der Waals surface area contributed by atoms with Gasteiger partial charge in [0.1, 0.15) is 0 Å². The molecule has 0 aliphatic rings. The van der Waals surface area contributed by atoms with Gasteiger partial charge in [0.2, 0.25) is 0 Å². The molecule has 0 aliphatic heterocycles. The Kier molecular flexibility index (Phi) is 4.85. The largest absolute Gasteiger partial charge is 0.481 e. The Hall–Kier alpha value is -0.720. The van der Waals surface area contributed by atoms with E-state index in [9.17, 15) is 13.6 Å². The standard InChI is InChI=1S/C12H13F2IO2/c1-8(6-11(16)17)7-12(13,14)9-2-4-10(15)5-3-9/h2-5,8H,6-7H2,1H3,(H,16,17). The van der Waals surface area contributed by atoms with Crippen LogP contribution in [0.4, 0.5) is 8.78 Å². The molecule has 0 fully saturated rings.